The third-order valence-corrected chi connectivity index (χ3v) is 5.89. The van der Waals surface area contributed by atoms with Crippen LogP contribution in [0.15, 0.2) is 41.7 Å². The molecule has 2 N–H and O–H groups in total. The molecule has 0 spiro atoms. The topological polar surface area (TPSA) is 66.7 Å². The van der Waals surface area contributed by atoms with E-state index in [9.17, 15) is 0 Å². The lowest BCUT2D eigenvalue weighted by Gasteiger charge is -2.34. The average molecular weight is 411 g/mol. The van der Waals surface area contributed by atoms with Crippen LogP contribution in [0.5, 0.6) is 5.75 Å². The van der Waals surface area contributed by atoms with Gasteiger partial charge in [0.25, 0.3) is 0 Å². The first-order valence-electron chi connectivity index (χ1n) is 11.2. The van der Waals surface area contributed by atoms with Crippen molar-refractivity contribution in [2.45, 2.75) is 57.7 Å². The van der Waals surface area contributed by atoms with Crippen LogP contribution in [0.2, 0.25) is 0 Å². The van der Waals surface area contributed by atoms with Crippen molar-refractivity contribution in [2.75, 3.05) is 24.5 Å². The Balaban J connectivity index is 1.39. The predicted octanol–water partition coefficient (Wildman–Crippen LogP) is 3.08. The standard InChI is InChI=1S/C23H34N6O/c1-3-24-23(25-14-18-8-4-5-12-22(18)30-21-10-6-11-21)27-19-9-7-13-29(16-19)20-15-26-28(2)17-20/h4-5,8,12,15,17,19,21H,3,6-7,9-11,13-14,16H2,1-2H3,(H2,24,25,27). The molecule has 162 valence electrons. The van der Waals surface area contributed by atoms with E-state index in [1.54, 1.807) is 0 Å². The quantitative estimate of drug-likeness (QED) is 0.542. The summed E-state index contributed by atoms with van der Waals surface area (Å²) in [5.74, 6) is 1.84. The number of ether oxygens (including phenoxy) is 1. The van der Waals surface area contributed by atoms with Crippen LogP contribution in [0.25, 0.3) is 0 Å². The van der Waals surface area contributed by atoms with Crippen molar-refractivity contribution in [2.24, 2.45) is 12.0 Å². The highest BCUT2D eigenvalue weighted by Gasteiger charge is 2.22. The SMILES string of the molecule is CCNC(=NCc1ccccc1OC1CCC1)NC1CCCN(c2cnn(C)c2)C1. The number of aryl methyl sites for hydroxylation is 1. The molecule has 1 aromatic carbocycles. The molecule has 2 heterocycles. The molecular weight excluding hydrogens is 376 g/mol. The number of aliphatic imine (C=N–C) groups is 1. The Kier molecular flexibility index (Phi) is 6.77. The first kappa shape index (κ1) is 20.6. The van der Waals surface area contributed by atoms with E-state index in [2.05, 4.69) is 52.0 Å². The van der Waals surface area contributed by atoms with Crippen molar-refractivity contribution in [3.05, 3.63) is 42.2 Å². The van der Waals surface area contributed by atoms with Crippen LogP contribution in [-0.4, -0.2) is 47.5 Å². The fraction of sp³-hybridized carbons (Fsp3) is 0.565. The van der Waals surface area contributed by atoms with Crippen LogP contribution in [-0.2, 0) is 13.6 Å². The number of guanidine groups is 1. The summed E-state index contributed by atoms with van der Waals surface area (Å²) in [7, 11) is 1.96. The Labute approximate surface area is 179 Å². The van der Waals surface area contributed by atoms with Crippen molar-refractivity contribution >= 4 is 11.6 Å². The minimum Gasteiger partial charge on any atom is -0.490 e. The van der Waals surface area contributed by atoms with Gasteiger partial charge in [0.1, 0.15) is 5.75 Å². The second-order valence-corrected chi connectivity index (χ2v) is 8.28. The molecule has 0 amide bonds. The monoisotopic (exact) mass is 410 g/mol. The molecule has 30 heavy (non-hydrogen) atoms. The molecule has 1 saturated heterocycles. The zero-order valence-corrected chi connectivity index (χ0v) is 18.2. The van der Waals surface area contributed by atoms with Crippen molar-refractivity contribution in [3.63, 3.8) is 0 Å². The third-order valence-electron chi connectivity index (χ3n) is 5.89. The van der Waals surface area contributed by atoms with Gasteiger partial charge in [0.05, 0.1) is 24.5 Å². The fourth-order valence-electron chi connectivity index (χ4n) is 4.00. The zero-order chi connectivity index (χ0) is 20.8. The molecule has 2 aliphatic rings. The second-order valence-electron chi connectivity index (χ2n) is 8.28. The zero-order valence-electron chi connectivity index (χ0n) is 18.2. The summed E-state index contributed by atoms with van der Waals surface area (Å²) in [5.41, 5.74) is 2.33. The maximum absolute atomic E-state index is 6.16. The van der Waals surface area contributed by atoms with Gasteiger partial charge in [-0.1, -0.05) is 18.2 Å². The second kappa shape index (κ2) is 9.87. The molecule has 2 aromatic rings. The molecule has 0 bridgehead atoms. The highest BCUT2D eigenvalue weighted by molar-refractivity contribution is 5.80. The highest BCUT2D eigenvalue weighted by atomic mass is 16.5. The van der Waals surface area contributed by atoms with E-state index in [4.69, 9.17) is 9.73 Å². The van der Waals surface area contributed by atoms with Crippen LogP contribution in [0, 0.1) is 0 Å². The van der Waals surface area contributed by atoms with Gasteiger partial charge >= 0.3 is 0 Å². The molecule has 7 nitrogen and oxygen atoms in total. The Bertz CT molecular complexity index is 844. The van der Waals surface area contributed by atoms with Crippen LogP contribution in [0.1, 0.15) is 44.6 Å². The van der Waals surface area contributed by atoms with E-state index in [-0.39, 0.29) is 0 Å². The number of benzene rings is 1. The number of nitrogens with zero attached hydrogens (tertiary/aromatic N) is 4. The Morgan fingerprint density at radius 2 is 2.10 bits per heavy atom. The molecule has 1 saturated carbocycles. The van der Waals surface area contributed by atoms with Crippen molar-refractivity contribution in [1.29, 1.82) is 0 Å². The van der Waals surface area contributed by atoms with Gasteiger partial charge in [-0.2, -0.15) is 5.10 Å². The minimum atomic E-state index is 0.359. The molecular formula is C23H34N6O. The average Bonchev–Trinajstić information content (AvgIpc) is 3.16. The molecule has 7 heteroatoms. The highest BCUT2D eigenvalue weighted by Crippen LogP contribution is 2.28. The number of hydrogen-bond donors (Lipinski definition) is 2. The van der Waals surface area contributed by atoms with E-state index in [1.165, 1.54) is 12.1 Å². The van der Waals surface area contributed by atoms with E-state index in [0.717, 1.165) is 62.6 Å². The van der Waals surface area contributed by atoms with Crippen LogP contribution in [0.3, 0.4) is 0 Å². The number of rotatable bonds is 7. The first-order chi connectivity index (χ1) is 14.7. The van der Waals surface area contributed by atoms with Crippen LogP contribution >= 0.6 is 0 Å². The molecule has 1 atom stereocenters. The van der Waals surface area contributed by atoms with Gasteiger partial charge in [0.2, 0.25) is 0 Å². The van der Waals surface area contributed by atoms with Gasteiger partial charge < -0.3 is 20.3 Å². The predicted molar refractivity (Wildman–Crippen MR) is 121 cm³/mol. The van der Waals surface area contributed by atoms with Crippen LogP contribution in [0.4, 0.5) is 5.69 Å². The van der Waals surface area contributed by atoms with E-state index in [1.807, 2.05) is 24.0 Å². The molecule has 1 unspecified atom stereocenters. The van der Waals surface area contributed by atoms with Gasteiger partial charge in [-0.25, -0.2) is 4.99 Å². The van der Waals surface area contributed by atoms with Gasteiger partial charge in [0, 0.05) is 44.5 Å². The summed E-state index contributed by atoms with van der Waals surface area (Å²) in [4.78, 5) is 7.27. The Morgan fingerprint density at radius 3 is 2.83 bits per heavy atom. The molecule has 0 radical (unpaired) electrons. The van der Waals surface area contributed by atoms with E-state index in [0.29, 0.717) is 18.7 Å². The smallest absolute Gasteiger partial charge is 0.191 e. The number of anilines is 1. The largest absolute Gasteiger partial charge is 0.490 e. The summed E-state index contributed by atoms with van der Waals surface area (Å²) < 4.78 is 8.03. The number of para-hydroxylation sites is 1. The number of piperidine rings is 1. The molecule has 1 aliphatic heterocycles. The molecule has 4 rings (SSSR count). The normalized spacial score (nSPS) is 20.0. The lowest BCUT2D eigenvalue weighted by atomic mass is 9.96. The molecule has 1 aliphatic carbocycles. The number of nitrogens with one attached hydrogen (secondary N) is 2. The Hall–Kier alpha value is -2.70. The van der Waals surface area contributed by atoms with Gasteiger partial charge in [-0.15, -0.1) is 0 Å². The van der Waals surface area contributed by atoms with Gasteiger partial charge in [0.15, 0.2) is 5.96 Å². The first-order valence-corrected chi connectivity index (χ1v) is 11.2. The summed E-state index contributed by atoms with van der Waals surface area (Å²) >= 11 is 0. The van der Waals surface area contributed by atoms with Gasteiger partial charge in [-0.3, -0.25) is 4.68 Å². The van der Waals surface area contributed by atoms with Gasteiger partial charge in [-0.05, 0) is 45.1 Å². The van der Waals surface area contributed by atoms with E-state index < -0.39 is 0 Å². The maximum Gasteiger partial charge on any atom is 0.191 e. The Morgan fingerprint density at radius 1 is 1.23 bits per heavy atom. The summed E-state index contributed by atoms with van der Waals surface area (Å²) in [6.07, 6.45) is 10.3. The van der Waals surface area contributed by atoms with Crippen molar-refractivity contribution in [1.82, 2.24) is 20.4 Å². The van der Waals surface area contributed by atoms with Crippen LogP contribution < -0.4 is 20.3 Å². The lowest BCUT2D eigenvalue weighted by molar-refractivity contribution is 0.119. The molecule has 2 fully saturated rings. The van der Waals surface area contributed by atoms with Crippen molar-refractivity contribution in [3.8, 4) is 5.75 Å². The summed E-state index contributed by atoms with van der Waals surface area (Å²) in [6.45, 7) is 5.58. The minimum absolute atomic E-state index is 0.359. The maximum atomic E-state index is 6.16. The summed E-state index contributed by atoms with van der Waals surface area (Å²) in [6, 6.07) is 8.64. The fourth-order valence-corrected chi connectivity index (χ4v) is 4.00. The summed E-state index contributed by atoms with van der Waals surface area (Å²) in [5, 5.41) is 11.4. The van der Waals surface area contributed by atoms with Crippen molar-refractivity contribution < 1.29 is 4.74 Å². The van der Waals surface area contributed by atoms with E-state index >= 15 is 0 Å². The number of hydrogen-bond acceptors (Lipinski definition) is 4. The number of aromatic nitrogens is 2. The third kappa shape index (κ3) is 5.26. The lowest BCUT2D eigenvalue weighted by Crippen LogP contribution is -2.51. The molecule has 1 aromatic heterocycles.